The molecule has 0 saturated carbocycles. The first kappa shape index (κ1) is 29.1. The van der Waals surface area contributed by atoms with E-state index in [1.54, 1.807) is 0 Å². The third-order valence-electron chi connectivity index (χ3n) is 0.694. The van der Waals surface area contributed by atoms with Crippen LogP contribution in [0.4, 0.5) is 39.5 Å². The Morgan fingerprint density at radius 3 is 0.545 bits per heavy atom. The minimum atomic E-state index is -5.19. The van der Waals surface area contributed by atoms with E-state index in [1.165, 1.54) is 0 Å². The second-order valence-electron chi connectivity index (χ2n) is 2.36. The van der Waals surface area contributed by atoms with Crippen LogP contribution in [0.2, 0.25) is 0 Å². The molecule has 22 heavy (non-hydrogen) atoms. The Bertz CT molecular complexity index is 313. The maximum absolute atomic E-state index is 10.5. The summed E-state index contributed by atoms with van der Waals surface area (Å²) in [7, 11) is 0. The average Bonchev–Trinajstić information content (AvgIpc) is 2.14. The van der Waals surface area contributed by atoms with Crippen molar-refractivity contribution >= 4 is 17.9 Å². The molecular weight excluding hydrogens is 508 g/mol. The van der Waals surface area contributed by atoms with E-state index in [4.69, 9.17) is 29.7 Å². The molecule has 0 unspecified atom stereocenters. The quantitative estimate of drug-likeness (QED) is 0.346. The number of aliphatic carboxylic acids is 3. The van der Waals surface area contributed by atoms with E-state index in [1.807, 2.05) is 0 Å². The van der Waals surface area contributed by atoms with Crippen molar-refractivity contribution in [2.75, 3.05) is 0 Å². The van der Waals surface area contributed by atoms with Crippen LogP contribution in [-0.2, 0) is 14.4 Å². The van der Waals surface area contributed by atoms with Gasteiger partial charge in [-0.05, 0) is 0 Å². The number of halogens is 9. The molecule has 0 aromatic carbocycles. The Morgan fingerprint density at radius 2 is 0.545 bits per heavy atom. The van der Waals surface area contributed by atoms with Crippen LogP contribution in [-0.4, -0.2) is 36.4 Å². The predicted molar refractivity (Wildman–Crippen MR) is 33.2 cm³/mol. The summed E-state index contributed by atoms with van der Waals surface area (Å²) in [6.45, 7) is 0. The number of carbonyl (C=O) groups is 3. The van der Waals surface area contributed by atoms with E-state index in [0.29, 0.717) is 0 Å². The molecule has 6 nitrogen and oxygen atoms in total. The predicted octanol–water partition coefficient (Wildman–Crippen LogP) is -2.10. The van der Waals surface area contributed by atoms with Gasteiger partial charge in [0.2, 0.25) is 0 Å². The van der Waals surface area contributed by atoms with Gasteiger partial charge in [-0.2, -0.15) is 39.5 Å². The van der Waals surface area contributed by atoms with Gasteiger partial charge in [0.1, 0.15) is 17.9 Å². The van der Waals surface area contributed by atoms with E-state index in [9.17, 15) is 39.5 Å². The fourth-order valence-corrected chi connectivity index (χ4v) is 0. The Labute approximate surface area is 142 Å². The van der Waals surface area contributed by atoms with Gasteiger partial charge in [-0.25, -0.2) is 0 Å². The molecule has 0 fully saturated rings. The Kier molecular flexibility index (Phi) is 14.1. The van der Waals surface area contributed by atoms with Crippen molar-refractivity contribution in [3.8, 4) is 0 Å². The number of carboxylic acid groups (broad SMARTS) is 3. The monoisotopic (exact) mass is 508 g/mol. The first-order valence-corrected chi connectivity index (χ1v) is 3.68. The molecular formula is C6F9O6Tm. The molecule has 0 spiro atoms. The standard InChI is InChI=1S/3C2HF3O2.Tm/c3*3-2(4,5)1(6)7;/h3*(H,6,7);/q;;;+3/p-3. The third-order valence-corrected chi connectivity index (χ3v) is 0.694. The molecule has 136 valence electrons. The van der Waals surface area contributed by atoms with E-state index < -0.39 is 36.4 Å². The minimum absolute atomic E-state index is 0. The summed E-state index contributed by atoms with van der Waals surface area (Å²) in [4.78, 5) is 26.4. The van der Waals surface area contributed by atoms with Crippen LogP contribution in [0, 0.1) is 36.9 Å². The van der Waals surface area contributed by atoms with Crippen LogP contribution in [0.3, 0.4) is 0 Å². The molecule has 0 radical (unpaired) electrons. The molecule has 0 aromatic rings. The summed E-state index contributed by atoms with van der Waals surface area (Å²) in [5.74, 6) is -9.02. The Balaban J connectivity index is -0.000000108. The topological polar surface area (TPSA) is 120 Å². The number of hydrogen-bond acceptors (Lipinski definition) is 6. The van der Waals surface area contributed by atoms with Crippen LogP contribution in [0.5, 0.6) is 0 Å². The fraction of sp³-hybridized carbons (Fsp3) is 0.500. The van der Waals surface area contributed by atoms with Crippen molar-refractivity contribution in [3.05, 3.63) is 0 Å². The number of carbonyl (C=O) groups excluding carboxylic acids is 3. The van der Waals surface area contributed by atoms with Gasteiger partial charge in [0, 0.05) is 0 Å². The summed E-state index contributed by atoms with van der Waals surface area (Å²) in [6.07, 6.45) is -15.6. The normalized spacial score (nSPS) is 10.8. The molecule has 0 aliphatic heterocycles. The largest absolute Gasteiger partial charge is 3.00 e. The fourth-order valence-electron chi connectivity index (χ4n) is 0. The van der Waals surface area contributed by atoms with Crippen LogP contribution in [0.1, 0.15) is 0 Å². The SMILES string of the molecule is O=C([O-])C(F)(F)F.O=C([O-])C(F)(F)F.O=C([O-])C(F)(F)F.[Tm+3]. The van der Waals surface area contributed by atoms with Gasteiger partial charge in [0.25, 0.3) is 0 Å². The van der Waals surface area contributed by atoms with Gasteiger partial charge in [-0.3, -0.25) is 0 Å². The molecule has 0 bridgehead atoms. The third kappa shape index (κ3) is 21.3. The smallest absolute Gasteiger partial charge is 0.542 e. The molecule has 0 aliphatic carbocycles. The van der Waals surface area contributed by atoms with Crippen molar-refractivity contribution in [2.24, 2.45) is 0 Å². The first-order valence-electron chi connectivity index (χ1n) is 3.68. The number of alkyl halides is 9. The van der Waals surface area contributed by atoms with Crippen LogP contribution in [0.25, 0.3) is 0 Å². The van der Waals surface area contributed by atoms with Gasteiger partial charge < -0.3 is 29.7 Å². The summed E-state index contributed by atoms with van der Waals surface area (Å²) in [5.41, 5.74) is 0. The van der Waals surface area contributed by atoms with Crippen molar-refractivity contribution in [3.63, 3.8) is 0 Å². The Hall–Kier alpha value is -0.986. The summed E-state index contributed by atoms with van der Waals surface area (Å²) >= 11 is 0. The molecule has 0 heterocycles. The molecule has 0 aliphatic rings. The number of hydrogen-bond donors (Lipinski definition) is 0. The number of carboxylic acids is 3. The van der Waals surface area contributed by atoms with Crippen molar-refractivity contribution < 1.29 is 106 Å². The van der Waals surface area contributed by atoms with Gasteiger partial charge in [0.15, 0.2) is 0 Å². The maximum atomic E-state index is 10.5. The molecule has 0 atom stereocenters. The van der Waals surface area contributed by atoms with Gasteiger partial charge >= 0.3 is 55.4 Å². The maximum Gasteiger partial charge on any atom is 3.00 e. The minimum Gasteiger partial charge on any atom is -0.542 e. The van der Waals surface area contributed by atoms with Crippen molar-refractivity contribution in [1.82, 2.24) is 0 Å². The molecule has 0 aromatic heterocycles. The Morgan fingerprint density at radius 1 is 0.500 bits per heavy atom. The van der Waals surface area contributed by atoms with E-state index in [-0.39, 0.29) is 36.9 Å². The van der Waals surface area contributed by atoms with Crippen molar-refractivity contribution in [1.29, 1.82) is 0 Å². The average molecular weight is 508 g/mol. The zero-order valence-corrected chi connectivity index (χ0v) is 10.9. The molecule has 0 amide bonds. The molecule has 0 rings (SSSR count). The zero-order chi connectivity index (χ0) is 18.2. The van der Waals surface area contributed by atoms with Crippen LogP contribution < -0.4 is 15.3 Å². The van der Waals surface area contributed by atoms with Gasteiger partial charge in [-0.1, -0.05) is 0 Å². The molecule has 0 N–H and O–H groups in total. The second-order valence-corrected chi connectivity index (χ2v) is 2.36. The van der Waals surface area contributed by atoms with E-state index in [0.717, 1.165) is 0 Å². The zero-order valence-electron chi connectivity index (χ0n) is 9.13. The summed E-state index contributed by atoms with van der Waals surface area (Å²) in [6, 6.07) is 0. The van der Waals surface area contributed by atoms with Crippen molar-refractivity contribution in [2.45, 2.75) is 18.5 Å². The summed E-state index contributed by atoms with van der Waals surface area (Å²) in [5, 5.41) is 26.4. The van der Waals surface area contributed by atoms with Gasteiger partial charge in [0.05, 0.1) is 0 Å². The first-order chi connectivity index (χ1) is 8.83. The summed E-state index contributed by atoms with van der Waals surface area (Å²) < 4.78 is 94.6. The molecule has 0 saturated heterocycles. The molecule has 16 heteroatoms. The van der Waals surface area contributed by atoms with E-state index in [2.05, 4.69) is 0 Å². The number of rotatable bonds is 0. The van der Waals surface area contributed by atoms with Crippen LogP contribution >= 0.6 is 0 Å². The second kappa shape index (κ2) is 10.7. The van der Waals surface area contributed by atoms with Gasteiger partial charge in [-0.15, -0.1) is 0 Å². The van der Waals surface area contributed by atoms with E-state index >= 15 is 0 Å². The van der Waals surface area contributed by atoms with Crippen LogP contribution in [0.15, 0.2) is 0 Å².